The van der Waals surface area contributed by atoms with E-state index in [1.54, 1.807) is 0 Å². The van der Waals surface area contributed by atoms with Gasteiger partial charge < -0.3 is 5.11 Å². The number of aromatic nitrogens is 1. The maximum absolute atomic E-state index is 11.5. The smallest absolute Gasteiger partial charge is 0.360 e. The van der Waals surface area contributed by atoms with Gasteiger partial charge in [-0.2, -0.15) is 8.42 Å². The van der Waals surface area contributed by atoms with E-state index in [0.29, 0.717) is 0 Å². The molecule has 1 aromatic heterocycles. The van der Waals surface area contributed by atoms with Crippen molar-refractivity contribution in [2.75, 3.05) is 10.8 Å². The summed E-state index contributed by atoms with van der Waals surface area (Å²) in [4.78, 5) is 14.7. The summed E-state index contributed by atoms with van der Waals surface area (Å²) in [6.45, 7) is 0.0985. The highest BCUT2D eigenvalue weighted by molar-refractivity contribution is 7.87. The van der Waals surface area contributed by atoms with Crippen molar-refractivity contribution in [3.63, 3.8) is 0 Å². The van der Waals surface area contributed by atoms with E-state index < -0.39 is 16.3 Å². The number of carbonyl (C=O) groups is 1. The van der Waals surface area contributed by atoms with Crippen LogP contribution in [-0.2, 0) is 10.3 Å². The zero-order valence-electron chi connectivity index (χ0n) is 10.7. The first-order chi connectivity index (χ1) is 9.39. The number of anilines is 1. The Bertz CT molecular complexity index is 577. The van der Waals surface area contributed by atoms with Gasteiger partial charge in [0.25, 0.3) is 0 Å². The van der Waals surface area contributed by atoms with Crippen molar-refractivity contribution < 1.29 is 22.9 Å². The summed E-state index contributed by atoms with van der Waals surface area (Å²) >= 11 is 0.896. The highest BCUT2D eigenvalue weighted by Gasteiger charge is 2.30. The molecule has 0 unspecified atom stereocenters. The molecule has 1 fully saturated rings. The van der Waals surface area contributed by atoms with Crippen molar-refractivity contribution in [1.82, 2.24) is 4.98 Å². The largest absolute Gasteiger partial charge is 0.476 e. The molecule has 0 atom stereocenters. The van der Waals surface area contributed by atoms with Crippen LogP contribution in [0.1, 0.15) is 42.6 Å². The molecule has 0 saturated heterocycles. The molecule has 1 aromatic rings. The molecule has 1 heterocycles. The van der Waals surface area contributed by atoms with Gasteiger partial charge in [-0.05, 0) is 18.8 Å². The molecule has 0 bridgehead atoms. The Hall–Kier alpha value is -1.19. The van der Waals surface area contributed by atoms with Crippen molar-refractivity contribution >= 4 is 32.6 Å². The minimum atomic E-state index is -4.50. The summed E-state index contributed by atoms with van der Waals surface area (Å²) in [5.74, 6) is -1.17. The number of aromatic carboxylic acids is 1. The highest BCUT2D eigenvalue weighted by atomic mass is 32.2. The zero-order valence-corrected chi connectivity index (χ0v) is 12.4. The first kappa shape index (κ1) is 15.2. The molecule has 0 amide bonds. The molecule has 0 spiro atoms. The Kier molecular flexibility index (Phi) is 4.61. The molecular weight excluding hydrogens is 304 g/mol. The molecule has 112 valence electrons. The van der Waals surface area contributed by atoms with Gasteiger partial charge in [0, 0.05) is 6.54 Å². The van der Waals surface area contributed by atoms with Gasteiger partial charge in [0.05, 0.1) is 5.51 Å². The lowest BCUT2D eigenvalue weighted by Crippen LogP contribution is -2.36. The Morgan fingerprint density at radius 3 is 2.60 bits per heavy atom. The van der Waals surface area contributed by atoms with E-state index in [9.17, 15) is 17.8 Å². The van der Waals surface area contributed by atoms with E-state index in [0.717, 1.165) is 47.7 Å². The highest BCUT2D eigenvalue weighted by Crippen LogP contribution is 2.31. The molecule has 2 rings (SSSR count). The Morgan fingerprint density at radius 2 is 2.05 bits per heavy atom. The number of carboxylic acids is 1. The molecule has 9 heteroatoms. The van der Waals surface area contributed by atoms with E-state index in [2.05, 4.69) is 4.98 Å². The lowest BCUT2D eigenvalue weighted by atomic mass is 9.89. The van der Waals surface area contributed by atoms with Gasteiger partial charge in [0.15, 0.2) is 5.69 Å². The Morgan fingerprint density at radius 1 is 1.40 bits per heavy atom. The second kappa shape index (κ2) is 6.06. The number of carboxylic acid groups (broad SMARTS) is 1. The summed E-state index contributed by atoms with van der Waals surface area (Å²) in [7, 11) is -4.50. The average molecular weight is 320 g/mol. The summed E-state index contributed by atoms with van der Waals surface area (Å²) in [5, 5.41) is 8.98. The minimum Gasteiger partial charge on any atom is -0.476 e. The topological polar surface area (TPSA) is 108 Å². The number of hydrogen-bond acceptors (Lipinski definition) is 5. The van der Waals surface area contributed by atoms with Gasteiger partial charge in [0.2, 0.25) is 0 Å². The predicted octanol–water partition coefficient (Wildman–Crippen LogP) is 2.03. The fourth-order valence-electron chi connectivity index (χ4n) is 2.45. The zero-order chi connectivity index (χ0) is 14.8. The van der Waals surface area contributed by atoms with Crippen molar-refractivity contribution in [3.8, 4) is 0 Å². The maximum Gasteiger partial charge on any atom is 0.360 e. The first-order valence-corrected chi connectivity index (χ1v) is 8.59. The number of hydrogen-bond donors (Lipinski definition) is 2. The molecule has 1 saturated carbocycles. The molecule has 0 radical (unpaired) electrons. The van der Waals surface area contributed by atoms with Crippen LogP contribution in [-0.4, -0.2) is 35.6 Å². The molecule has 7 nitrogen and oxygen atoms in total. The van der Waals surface area contributed by atoms with Gasteiger partial charge in [0.1, 0.15) is 5.00 Å². The van der Waals surface area contributed by atoms with Crippen LogP contribution in [0.2, 0.25) is 0 Å². The van der Waals surface area contributed by atoms with E-state index in [1.165, 1.54) is 5.51 Å². The van der Waals surface area contributed by atoms with Crippen LogP contribution < -0.4 is 4.31 Å². The van der Waals surface area contributed by atoms with Crippen LogP contribution in [0.5, 0.6) is 0 Å². The van der Waals surface area contributed by atoms with Gasteiger partial charge >= 0.3 is 16.3 Å². The van der Waals surface area contributed by atoms with Crippen LogP contribution in [0.4, 0.5) is 5.00 Å². The van der Waals surface area contributed by atoms with E-state index in [4.69, 9.17) is 5.11 Å². The number of thiazole rings is 1. The Labute approximate surface area is 121 Å². The fourth-order valence-corrected chi connectivity index (χ4v) is 4.26. The van der Waals surface area contributed by atoms with Gasteiger partial charge in [-0.15, -0.1) is 11.3 Å². The van der Waals surface area contributed by atoms with E-state index in [1.807, 2.05) is 0 Å². The summed E-state index contributed by atoms with van der Waals surface area (Å²) in [6, 6.07) is 0. The first-order valence-electron chi connectivity index (χ1n) is 6.31. The molecule has 0 aliphatic heterocycles. The number of nitrogens with zero attached hydrogens (tertiary/aromatic N) is 2. The third-order valence-corrected chi connectivity index (χ3v) is 5.26. The van der Waals surface area contributed by atoms with E-state index >= 15 is 0 Å². The van der Waals surface area contributed by atoms with Crippen LogP contribution in [0.3, 0.4) is 0 Å². The number of rotatable bonds is 5. The van der Waals surface area contributed by atoms with Crippen LogP contribution >= 0.6 is 11.3 Å². The molecule has 1 aliphatic rings. The van der Waals surface area contributed by atoms with Crippen LogP contribution in [0, 0.1) is 5.92 Å². The second-order valence-corrected chi connectivity index (χ2v) is 6.99. The fraction of sp³-hybridized carbons (Fsp3) is 0.636. The molecule has 0 aromatic carbocycles. The molecule has 20 heavy (non-hydrogen) atoms. The van der Waals surface area contributed by atoms with Crippen molar-refractivity contribution in [1.29, 1.82) is 0 Å². The van der Waals surface area contributed by atoms with Crippen molar-refractivity contribution in [2.45, 2.75) is 32.1 Å². The lowest BCUT2D eigenvalue weighted by molar-refractivity contribution is 0.0692. The van der Waals surface area contributed by atoms with Crippen LogP contribution in [0.25, 0.3) is 0 Å². The van der Waals surface area contributed by atoms with Gasteiger partial charge in [-0.3, -0.25) is 4.55 Å². The molecule has 1 aliphatic carbocycles. The summed E-state index contributed by atoms with van der Waals surface area (Å²) < 4.78 is 33.2. The van der Waals surface area contributed by atoms with Crippen molar-refractivity contribution in [3.05, 3.63) is 11.2 Å². The summed E-state index contributed by atoms with van der Waals surface area (Å²) in [6.07, 6.45) is 4.95. The maximum atomic E-state index is 11.5. The molecular formula is C11H16N2O5S2. The minimum absolute atomic E-state index is 0.0365. The monoisotopic (exact) mass is 320 g/mol. The SMILES string of the molecule is O=C(O)c1ncsc1N(CC1CCCCC1)S(=O)(=O)O. The standard InChI is InChI=1S/C11H16N2O5S2/c14-11(15)9-10(19-7-12-9)13(20(16,17)18)6-8-4-2-1-3-5-8/h7-8H,1-6H2,(H,14,15)(H,16,17,18). The van der Waals surface area contributed by atoms with E-state index in [-0.39, 0.29) is 23.2 Å². The van der Waals surface area contributed by atoms with Crippen molar-refractivity contribution in [2.24, 2.45) is 5.92 Å². The predicted molar refractivity (Wildman–Crippen MR) is 74.5 cm³/mol. The van der Waals surface area contributed by atoms with Gasteiger partial charge in [-0.1, -0.05) is 19.3 Å². The normalized spacial score (nSPS) is 17.1. The average Bonchev–Trinajstić information content (AvgIpc) is 2.84. The third-order valence-electron chi connectivity index (χ3n) is 3.41. The Balaban J connectivity index is 2.28. The lowest BCUT2D eigenvalue weighted by Gasteiger charge is -2.27. The van der Waals surface area contributed by atoms with Gasteiger partial charge in [-0.25, -0.2) is 14.1 Å². The quantitative estimate of drug-likeness (QED) is 0.804. The third kappa shape index (κ3) is 3.47. The summed E-state index contributed by atoms with van der Waals surface area (Å²) in [5.41, 5.74) is 0.918. The molecule has 2 N–H and O–H groups in total. The van der Waals surface area contributed by atoms with Crippen LogP contribution in [0.15, 0.2) is 5.51 Å². The second-order valence-electron chi connectivity index (χ2n) is 4.82.